The van der Waals surface area contributed by atoms with Gasteiger partial charge in [0.2, 0.25) is 5.91 Å². The predicted octanol–water partition coefficient (Wildman–Crippen LogP) is 3.86. The molecule has 3 aliphatic heterocycles. The van der Waals surface area contributed by atoms with Crippen molar-refractivity contribution in [1.82, 2.24) is 4.90 Å². The molecule has 0 aliphatic carbocycles. The van der Waals surface area contributed by atoms with Crippen LogP contribution in [-0.4, -0.2) is 59.0 Å². The molecular formula is C25H36FNO4. The van der Waals surface area contributed by atoms with Gasteiger partial charge in [0.1, 0.15) is 5.82 Å². The Hall–Kier alpha value is -1.50. The fourth-order valence-corrected chi connectivity index (χ4v) is 5.46. The molecule has 1 aromatic carbocycles. The van der Waals surface area contributed by atoms with E-state index in [1.54, 1.807) is 19.9 Å². The van der Waals surface area contributed by atoms with Gasteiger partial charge in [-0.15, -0.1) is 0 Å². The molecular weight excluding hydrogens is 397 g/mol. The number of rotatable bonds is 5. The summed E-state index contributed by atoms with van der Waals surface area (Å²) in [7, 11) is 0. The molecule has 31 heavy (non-hydrogen) atoms. The minimum absolute atomic E-state index is 0.0371. The van der Waals surface area contributed by atoms with Crippen molar-refractivity contribution in [3.8, 4) is 0 Å². The fraction of sp³-hybridized carbons (Fsp3) is 0.720. The third-order valence-corrected chi connectivity index (χ3v) is 7.69. The summed E-state index contributed by atoms with van der Waals surface area (Å²) in [6.45, 7) is 7.95. The monoisotopic (exact) mass is 433 g/mol. The normalized spacial score (nSPS) is 30.8. The van der Waals surface area contributed by atoms with Crippen molar-refractivity contribution >= 4 is 5.91 Å². The molecule has 0 bridgehead atoms. The number of halogens is 1. The zero-order chi connectivity index (χ0) is 22.3. The van der Waals surface area contributed by atoms with E-state index in [4.69, 9.17) is 9.47 Å². The van der Waals surface area contributed by atoms with Crippen molar-refractivity contribution in [3.63, 3.8) is 0 Å². The number of nitrogens with zero attached hydrogens (tertiary/aromatic N) is 1. The van der Waals surface area contributed by atoms with Crippen molar-refractivity contribution in [3.05, 3.63) is 35.6 Å². The summed E-state index contributed by atoms with van der Waals surface area (Å²) in [5.41, 5.74) is -0.219. The molecule has 0 unspecified atom stereocenters. The van der Waals surface area contributed by atoms with E-state index >= 15 is 0 Å². The van der Waals surface area contributed by atoms with Gasteiger partial charge >= 0.3 is 0 Å². The van der Waals surface area contributed by atoms with E-state index in [1.807, 2.05) is 11.0 Å². The van der Waals surface area contributed by atoms with Crippen molar-refractivity contribution in [2.24, 2.45) is 5.41 Å². The highest BCUT2D eigenvalue weighted by atomic mass is 19.1. The Morgan fingerprint density at radius 3 is 2.68 bits per heavy atom. The smallest absolute Gasteiger partial charge is 0.222 e. The lowest BCUT2D eigenvalue weighted by molar-refractivity contribution is -0.155. The SMILES string of the molecule is CC(C)(O)[C@@H]1CC[C@](C)([C@@H]2CC3(CCN(C(=O)CCc4cccc(F)c4)CC3)CO2)O1. The van der Waals surface area contributed by atoms with Gasteiger partial charge in [0.25, 0.3) is 0 Å². The summed E-state index contributed by atoms with van der Waals surface area (Å²) in [6, 6.07) is 6.48. The molecule has 1 amide bonds. The third kappa shape index (κ3) is 4.96. The summed E-state index contributed by atoms with van der Waals surface area (Å²) < 4.78 is 25.9. The van der Waals surface area contributed by atoms with Crippen LogP contribution in [0.3, 0.4) is 0 Å². The van der Waals surface area contributed by atoms with Crippen LogP contribution >= 0.6 is 0 Å². The molecule has 3 heterocycles. The van der Waals surface area contributed by atoms with Gasteiger partial charge in [-0.25, -0.2) is 4.39 Å². The summed E-state index contributed by atoms with van der Waals surface area (Å²) in [4.78, 5) is 14.6. The number of ether oxygens (including phenoxy) is 2. The summed E-state index contributed by atoms with van der Waals surface area (Å²) >= 11 is 0. The molecule has 1 N–H and O–H groups in total. The van der Waals surface area contributed by atoms with Gasteiger partial charge < -0.3 is 19.5 Å². The molecule has 0 radical (unpaired) electrons. The number of carbonyl (C=O) groups is 1. The van der Waals surface area contributed by atoms with Gasteiger partial charge in [-0.3, -0.25) is 4.79 Å². The Kier molecular flexibility index (Phi) is 6.18. The zero-order valence-electron chi connectivity index (χ0n) is 19.0. The standard InChI is InChI=1S/C25H36FNO4/c1-23(2,29)20-9-10-24(3,31-20)21-16-25(17-30-21)11-13-27(14-12-25)22(28)8-7-18-5-4-6-19(26)15-18/h4-6,15,20-21,29H,7-14,16-17H2,1-3H3/t20-,21-,24+/m0/s1. The number of benzene rings is 1. The highest BCUT2D eigenvalue weighted by Crippen LogP contribution is 2.49. The van der Waals surface area contributed by atoms with Crippen LogP contribution < -0.4 is 0 Å². The Bertz CT molecular complexity index is 799. The van der Waals surface area contributed by atoms with E-state index in [9.17, 15) is 14.3 Å². The number of likely N-dealkylation sites (tertiary alicyclic amines) is 1. The second-order valence-electron chi connectivity index (χ2n) is 10.6. The van der Waals surface area contributed by atoms with Crippen LogP contribution in [0.2, 0.25) is 0 Å². The summed E-state index contributed by atoms with van der Waals surface area (Å²) in [5, 5.41) is 10.3. The van der Waals surface area contributed by atoms with Crippen molar-refractivity contribution < 1.29 is 23.8 Å². The Labute approximate surface area is 184 Å². The lowest BCUT2D eigenvalue weighted by Gasteiger charge is -2.39. The maximum atomic E-state index is 13.3. The number of hydrogen-bond donors (Lipinski definition) is 1. The van der Waals surface area contributed by atoms with Crippen LogP contribution in [0.4, 0.5) is 4.39 Å². The molecule has 3 saturated heterocycles. The highest BCUT2D eigenvalue weighted by molar-refractivity contribution is 5.76. The first-order chi connectivity index (χ1) is 14.6. The van der Waals surface area contributed by atoms with Crippen LogP contribution in [0.5, 0.6) is 0 Å². The summed E-state index contributed by atoms with van der Waals surface area (Å²) in [6.07, 6.45) is 5.45. The predicted molar refractivity (Wildman–Crippen MR) is 116 cm³/mol. The number of aryl methyl sites for hydroxylation is 1. The minimum Gasteiger partial charge on any atom is -0.388 e. The average Bonchev–Trinajstić information content (AvgIpc) is 3.32. The number of amides is 1. The molecule has 1 spiro atoms. The van der Waals surface area contributed by atoms with E-state index in [0.29, 0.717) is 12.8 Å². The second kappa shape index (κ2) is 8.45. The van der Waals surface area contributed by atoms with E-state index in [0.717, 1.165) is 57.4 Å². The number of carbonyl (C=O) groups excluding carboxylic acids is 1. The van der Waals surface area contributed by atoms with E-state index in [1.165, 1.54) is 12.1 Å². The van der Waals surface area contributed by atoms with Crippen LogP contribution in [0, 0.1) is 11.2 Å². The zero-order valence-corrected chi connectivity index (χ0v) is 19.0. The van der Waals surface area contributed by atoms with Crippen molar-refractivity contribution in [1.29, 1.82) is 0 Å². The van der Waals surface area contributed by atoms with Crippen LogP contribution in [-0.2, 0) is 20.7 Å². The first-order valence-corrected chi connectivity index (χ1v) is 11.6. The summed E-state index contributed by atoms with van der Waals surface area (Å²) in [5.74, 6) is -0.108. The maximum absolute atomic E-state index is 13.3. The minimum atomic E-state index is -0.842. The van der Waals surface area contributed by atoms with Gasteiger partial charge in [0, 0.05) is 19.5 Å². The van der Waals surface area contributed by atoms with Crippen LogP contribution in [0.15, 0.2) is 24.3 Å². The molecule has 6 heteroatoms. The fourth-order valence-electron chi connectivity index (χ4n) is 5.46. The van der Waals surface area contributed by atoms with Gasteiger partial charge in [-0.2, -0.15) is 0 Å². The van der Waals surface area contributed by atoms with Gasteiger partial charge in [0.15, 0.2) is 0 Å². The van der Waals surface area contributed by atoms with E-state index in [-0.39, 0.29) is 34.9 Å². The number of aliphatic hydroxyl groups is 1. The first-order valence-electron chi connectivity index (χ1n) is 11.6. The topological polar surface area (TPSA) is 59.0 Å². The lowest BCUT2D eigenvalue weighted by Crippen LogP contribution is -2.45. The third-order valence-electron chi connectivity index (χ3n) is 7.69. The van der Waals surface area contributed by atoms with Crippen molar-refractivity contribution in [2.75, 3.05) is 19.7 Å². The molecule has 5 nitrogen and oxygen atoms in total. The molecule has 172 valence electrons. The molecule has 3 atom stereocenters. The van der Waals surface area contributed by atoms with Gasteiger partial charge in [-0.05, 0) is 82.4 Å². The molecule has 3 fully saturated rings. The van der Waals surface area contributed by atoms with Crippen LogP contribution in [0.25, 0.3) is 0 Å². The number of hydrogen-bond acceptors (Lipinski definition) is 4. The van der Waals surface area contributed by atoms with Gasteiger partial charge in [0.05, 0.1) is 30.0 Å². The molecule has 0 aromatic heterocycles. The Morgan fingerprint density at radius 1 is 1.29 bits per heavy atom. The Morgan fingerprint density at radius 2 is 2.03 bits per heavy atom. The molecule has 1 aromatic rings. The van der Waals surface area contributed by atoms with E-state index < -0.39 is 5.60 Å². The maximum Gasteiger partial charge on any atom is 0.222 e. The van der Waals surface area contributed by atoms with Crippen LogP contribution in [0.1, 0.15) is 64.9 Å². The quantitative estimate of drug-likeness (QED) is 0.766. The highest BCUT2D eigenvalue weighted by Gasteiger charge is 2.53. The van der Waals surface area contributed by atoms with E-state index in [2.05, 4.69) is 6.92 Å². The number of piperidine rings is 1. The first kappa shape index (κ1) is 22.7. The average molecular weight is 434 g/mol. The Balaban J connectivity index is 1.27. The second-order valence-corrected chi connectivity index (χ2v) is 10.6. The largest absolute Gasteiger partial charge is 0.388 e. The lowest BCUT2D eigenvalue weighted by atomic mass is 9.74. The van der Waals surface area contributed by atoms with Crippen molar-refractivity contribution in [2.45, 2.75) is 89.1 Å². The van der Waals surface area contributed by atoms with Gasteiger partial charge in [-0.1, -0.05) is 12.1 Å². The molecule has 3 aliphatic rings. The molecule has 0 saturated carbocycles. The molecule has 4 rings (SSSR count).